The van der Waals surface area contributed by atoms with E-state index in [2.05, 4.69) is 19.9 Å². The SMILES string of the molecule is Cc1nc(-c2ncc(C(CCCCl)c3ccc(C(F)(F)F)cc3)[nH]2)cc(=O)[nH]1. The molecule has 28 heavy (non-hydrogen) atoms. The molecule has 148 valence electrons. The zero-order chi connectivity index (χ0) is 20.3. The molecule has 0 fully saturated rings. The maximum absolute atomic E-state index is 12.8. The lowest BCUT2D eigenvalue weighted by molar-refractivity contribution is -0.137. The number of nitrogens with zero attached hydrogens (tertiary/aromatic N) is 2. The van der Waals surface area contributed by atoms with Gasteiger partial charge in [-0.15, -0.1) is 11.6 Å². The van der Waals surface area contributed by atoms with E-state index in [4.69, 9.17) is 11.6 Å². The predicted molar refractivity (Wildman–Crippen MR) is 100 cm³/mol. The lowest BCUT2D eigenvalue weighted by atomic mass is 9.91. The van der Waals surface area contributed by atoms with Crippen molar-refractivity contribution in [3.8, 4) is 11.5 Å². The molecule has 3 rings (SSSR count). The number of aromatic amines is 2. The summed E-state index contributed by atoms with van der Waals surface area (Å²) >= 11 is 5.82. The van der Waals surface area contributed by atoms with Crippen LogP contribution >= 0.6 is 11.6 Å². The van der Waals surface area contributed by atoms with Crippen LogP contribution in [0.15, 0.2) is 41.3 Å². The van der Waals surface area contributed by atoms with Gasteiger partial charge in [0.1, 0.15) is 11.5 Å². The molecule has 0 bridgehead atoms. The molecule has 0 spiro atoms. The fourth-order valence-electron chi connectivity index (χ4n) is 3.03. The summed E-state index contributed by atoms with van der Waals surface area (Å²) in [5.41, 5.74) is 0.863. The molecule has 0 aliphatic rings. The Morgan fingerprint density at radius 2 is 1.89 bits per heavy atom. The lowest BCUT2D eigenvalue weighted by Gasteiger charge is -2.16. The van der Waals surface area contributed by atoms with Gasteiger partial charge in [0.2, 0.25) is 0 Å². The maximum atomic E-state index is 12.8. The van der Waals surface area contributed by atoms with Crippen molar-refractivity contribution >= 4 is 11.6 Å². The molecular formula is C19H18ClF3N4O. The van der Waals surface area contributed by atoms with E-state index in [0.717, 1.165) is 23.4 Å². The molecule has 0 aliphatic carbocycles. The third-order valence-corrected chi connectivity index (χ3v) is 4.61. The van der Waals surface area contributed by atoms with Gasteiger partial charge in [0, 0.05) is 29.8 Å². The third-order valence-electron chi connectivity index (χ3n) is 4.34. The van der Waals surface area contributed by atoms with Crippen molar-refractivity contribution < 1.29 is 13.2 Å². The van der Waals surface area contributed by atoms with Gasteiger partial charge in [-0.25, -0.2) is 9.97 Å². The fraction of sp³-hybridized carbons (Fsp3) is 0.316. The largest absolute Gasteiger partial charge is 0.416 e. The number of nitrogens with one attached hydrogen (secondary N) is 2. The summed E-state index contributed by atoms with van der Waals surface area (Å²) in [5.74, 6) is 1.12. The van der Waals surface area contributed by atoms with Crippen LogP contribution in [0.1, 0.15) is 41.4 Å². The minimum Gasteiger partial charge on any atom is -0.340 e. The smallest absolute Gasteiger partial charge is 0.340 e. The summed E-state index contributed by atoms with van der Waals surface area (Å²) in [5, 5.41) is 0. The van der Waals surface area contributed by atoms with Crippen molar-refractivity contribution in [1.29, 1.82) is 0 Å². The van der Waals surface area contributed by atoms with Gasteiger partial charge in [0.05, 0.1) is 5.56 Å². The first kappa shape index (κ1) is 20.1. The maximum Gasteiger partial charge on any atom is 0.416 e. The van der Waals surface area contributed by atoms with Crippen LogP contribution in [0.5, 0.6) is 0 Å². The van der Waals surface area contributed by atoms with Crippen LogP contribution in [0, 0.1) is 6.92 Å². The molecular weight excluding hydrogens is 393 g/mol. The van der Waals surface area contributed by atoms with E-state index in [1.54, 1.807) is 13.1 Å². The number of imidazole rings is 1. The van der Waals surface area contributed by atoms with Gasteiger partial charge in [0.15, 0.2) is 5.82 Å². The zero-order valence-electron chi connectivity index (χ0n) is 15.0. The lowest BCUT2D eigenvalue weighted by Crippen LogP contribution is -2.09. The Bertz CT molecular complexity index is 995. The molecule has 0 saturated heterocycles. The van der Waals surface area contributed by atoms with Gasteiger partial charge in [-0.1, -0.05) is 12.1 Å². The van der Waals surface area contributed by atoms with Crippen molar-refractivity contribution in [2.24, 2.45) is 0 Å². The number of alkyl halides is 4. The molecule has 0 amide bonds. The van der Waals surface area contributed by atoms with E-state index in [0.29, 0.717) is 36.1 Å². The standard InChI is InChI=1S/C19H18ClF3N4O/c1-11-25-15(9-17(28)26-11)18-24-10-16(27-18)14(3-2-8-20)12-4-6-13(7-5-12)19(21,22)23/h4-7,9-10,14H,2-3,8H2,1H3,(H,24,27)(H,25,26,28). The van der Waals surface area contributed by atoms with E-state index in [1.165, 1.54) is 18.2 Å². The summed E-state index contributed by atoms with van der Waals surface area (Å²) in [7, 11) is 0. The number of hydrogen-bond donors (Lipinski definition) is 2. The summed E-state index contributed by atoms with van der Waals surface area (Å²) in [4.78, 5) is 25.9. The Morgan fingerprint density at radius 1 is 1.18 bits per heavy atom. The van der Waals surface area contributed by atoms with Gasteiger partial charge in [0.25, 0.3) is 5.56 Å². The molecule has 2 N–H and O–H groups in total. The van der Waals surface area contributed by atoms with Crippen molar-refractivity contribution in [1.82, 2.24) is 19.9 Å². The first-order valence-electron chi connectivity index (χ1n) is 8.64. The molecule has 5 nitrogen and oxygen atoms in total. The van der Waals surface area contributed by atoms with Crippen molar-refractivity contribution in [2.75, 3.05) is 5.88 Å². The highest BCUT2D eigenvalue weighted by molar-refractivity contribution is 6.17. The van der Waals surface area contributed by atoms with Gasteiger partial charge in [-0.2, -0.15) is 13.2 Å². The Labute approximate surface area is 164 Å². The van der Waals surface area contributed by atoms with Crippen LogP contribution in [0.3, 0.4) is 0 Å². The van der Waals surface area contributed by atoms with Crippen LogP contribution in [0.2, 0.25) is 0 Å². The number of aromatic nitrogens is 4. The number of hydrogen-bond acceptors (Lipinski definition) is 3. The topological polar surface area (TPSA) is 74.4 Å². The Hall–Kier alpha value is -2.61. The van der Waals surface area contributed by atoms with Crippen LogP contribution < -0.4 is 5.56 Å². The van der Waals surface area contributed by atoms with E-state index in [9.17, 15) is 18.0 Å². The molecule has 1 unspecified atom stereocenters. The van der Waals surface area contributed by atoms with Crippen LogP contribution in [-0.4, -0.2) is 25.8 Å². The van der Waals surface area contributed by atoms with Crippen molar-refractivity contribution in [2.45, 2.75) is 31.9 Å². The molecule has 3 aromatic rings. The van der Waals surface area contributed by atoms with Gasteiger partial charge in [-0.05, 0) is 37.5 Å². The third kappa shape index (κ3) is 4.62. The quantitative estimate of drug-likeness (QED) is 0.581. The number of aryl methyl sites for hydroxylation is 1. The van der Waals surface area contributed by atoms with E-state index in [1.807, 2.05) is 0 Å². The number of benzene rings is 1. The Kier molecular flexibility index (Phi) is 5.88. The van der Waals surface area contributed by atoms with E-state index < -0.39 is 11.7 Å². The Morgan fingerprint density at radius 3 is 2.50 bits per heavy atom. The monoisotopic (exact) mass is 410 g/mol. The molecule has 0 aliphatic heterocycles. The average molecular weight is 411 g/mol. The van der Waals surface area contributed by atoms with Crippen LogP contribution in [-0.2, 0) is 6.18 Å². The second-order valence-corrected chi connectivity index (χ2v) is 6.78. The predicted octanol–water partition coefficient (Wildman–Crippen LogP) is 4.64. The van der Waals surface area contributed by atoms with Crippen LogP contribution in [0.25, 0.3) is 11.5 Å². The van der Waals surface area contributed by atoms with Gasteiger partial charge >= 0.3 is 6.18 Å². The van der Waals surface area contributed by atoms with Gasteiger partial charge < -0.3 is 9.97 Å². The second-order valence-electron chi connectivity index (χ2n) is 6.41. The van der Waals surface area contributed by atoms with E-state index in [-0.39, 0.29) is 11.5 Å². The number of halogens is 4. The number of rotatable bonds is 6. The van der Waals surface area contributed by atoms with Crippen LogP contribution in [0.4, 0.5) is 13.2 Å². The molecule has 1 atom stereocenters. The zero-order valence-corrected chi connectivity index (χ0v) is 15.7. The minimum atomic E-state index is -4.38. The second kappa shape index (κ2) is 8.18. The average Bonchev–Trinajstić information content (AvgIpc) is 3.11. The van der Waals surface area contributed by atoms with Crippen molar-refractivity contribution in [3.05, 3.63) is 69.5 Å². The normalized spacial score (nSPS) is 12.9. The highest BCUT2D eigenvalue weighted by Crippen LogP contribution is 2.33. The van der Waals surface area contributed by atoms with E-state index >= 15 is 0 Å². The highest BCUT2D eigenvalue weighted by atomic mass is 35.5. The first-order chi connectivity index (χ1) is 13.3. The molecule has 1 aromatic carbocycles. The molecule has 0 saturated carbocycles. The Balaban J connectivity index is 1.94. The summed E-state index contributed by atoms with van der Waals surface area (Å²) in [6, 6.07) is 6.42. The molecule has 2 heterocycles. The van der Waals surface area contributed by atoms with Crippen molar-refractivity contribution in [3.63, 3.8) is 0 Å². The molecule has 0 radical (unpaired) electrons. The summed E-state index contributed by atoms with van der Waals surface area (Å²) in [6.07, 6.45) is -1.44. The first-order valence-corrected chi connectivity index (χ1v) is 9.17. The number of H-pyrrole nitrogens is 2. The minimum absolute atomic E-state index is 0.203. The molecule has 9 heteroatoms. The highest BCUT2D eigenvalue weighted by Gasteiger charge is 2.30. The summed E-state index contributed by atoms with van der Waals surface area (Å²) < 4.78 is 38.5. The fourth-order valence-corrected chi connectivity index (χ4v) is 3.19. The summed E-state index contributed by atoms with van der Waals surface area (Å²) in [6.45, 7) is 1.67. The molecule has 2 aromatic heterocycles. The van der Waals surface area contributed by atoms with Gasteiger partial charge in [-0.3, -0.25) is 4.79 Å².